The maximum atomic E-state index is 13.8. The summed E-state index contributed by atoms with van der Waals surface area (Å²) in [6.07, 6.45) is -0.241. The van der Waals surface area contributed by atoms with Crippen molar-refractivity contribution in [1.29, 1.82) is 0 Å². The number of aromatic amines is 1. The van der Waals surface area contributed by atoms with Crippen LogP contribution in [0.1, 0.15) is 22.8 Å². The van der Waals surface area contributed by atoms with E-state index in [9.17, 15) is 13.9 Å². The Labute approximate surface area is 96.1 Å². The molecule has 1 aromatic carbocycles. The molecule has 0 saturated heterocycles. The first-order chi connectivity index (χ1) is 8.02. The molecule has 1 aromatic heterocycles. The number of halogens is 2. The molecular weight excluding hydrogens is 228 g/mol. The minimum atomic E-state index is -1.48. The number of aromatic nitrogens is 2. The molecule has 0 aliphatic rings. The van der Waals surface area contributed by atoms with Gasteiger partial charge < -0.3 is 10.8 Å². The number of aryl methyl sites for hydroxylation is 1. The third-order valence-electron chi connectivity index (χ3n) is 2.59. The minimum Gasteiger partial charge on any atom is -0.384 e. The zero-order chi connectivity index (χ0) is 12.6. The Morgan fingerprint density at radius 1 is 1.41 bits per heavy atom. The lowest BCUT2D eigenvalue weighted by molar-refractivity contribution is 0.209. The molecule has 2 aromatic rings. The Morgan fingerprint density at radius 3 is 2.71 bits per heavy atom. The number of aliphatic hydroxyl groups is 1. The third-order valence-corrected chi connectivity index (χ3v) is 2.59. The molecule has 0 radical (unpaired) electrons. The summed E-state index contributed by atoms with van der Waals surface area (Å²) in [7, 11) is 0. The fourth-order valence-corrected chi connectivity index (χ4v) is 1.61. The SMILES string of the molecule is Cc1ccc(F)c(C(O)c2cn[nH]c2N)c1F. The van der Waals surface area contributed by atoms with E-state index >= 15 is 0 Å². The number of benzene rings is 1. The molecule has 17 heavy (non-hydrogen) atoms. The van der Waals surface area contributed by atoms with E-state index in [-0.39, 0.29) is 16.9 Å². The maximum absolute atomic E-state index is 13.8. The predicted octanol–water partition coefficient (Wildman–Crippen LogP) is 1.66. The van der Waals surface area contributed by atoms with Crippen LogP contribution in [0.3, 0.4) is 0 Å². The van der Waals surface area contributed by atoms with Gasteiger partial charge in [-0.2, -0.15) is 5.10 Å². The number of aliphatic hydroxyl groups excluding tert-OH is 1. The van der Waals surface area contributed by atoms with Gasteiger partial charge in [0.05, 0.1) is 11.8 Å². The lowest BCUT2D eigenvalue weighted by atomic mass is 10.0. The van der Waals surface area contributed by atoms with Crippen molar-refractivity contribution in [1.82, 2.24) is 10.2 Å². The number of nitrogens with one attached hydrogen (secondary N) is 1. The Hall–Kier alpha value is -1.95. The van der Waals surface area contributed by atoms with Gasteiger partial charge in [-0.1, -0.05) is 6.07 Å². The molecule has 4 nitrogen and oxygen atoms in total. The minimum absolute atomic E-state index is 0.0813. The van der Waals surface area contributed by atoms with Crippen LogP contribution in [0.25, 0.3) is 0 Å². The van der Waals surface area contributed by atoms with Crippen LogP contribution in [0, 0.1) is 18.6 Å². The topological polar surface area (TPSA) is 74.9 Å². The average Bonchev–Trinajstić information content (AvgIpc) is 2.70. The van der Waals surface area contributed by atoms with Crippen molar-refractivity contribution in [2.24, 2.45) is 0 Å². The summed E-state index contributed by atoms with van der Waals surface area (Å²) in [4.78, 5) is 0. The largest absolute Gasteiger partial charge is 0.384 e. The van der Waals surface area contributed by atoms with E-state index in [1.54, 1.807) is 0 Å². The first kappa shape index (κ1) is 11.5. The van der Waals surface area contributed by atoms with E-state index in [2.05, 4.69) is 10.2 Å². The van der Waals surface area contributed by atoms with Crippen LogP contribution in [-0.2, 0) is 0 Å². The van der Waals surface area contributed by atoms with Crippen molar-refractivity contribution < 1.29 is 13.9 Å². The average molecular weight is 239 g/mol. The van der Waals surface area contributed by atoms with Gasteiger partial charge >= 0.3 is 0 Å². The zero-order valence-corrected chi connectivity index (χ0v) is 9.04. The molecule has 0 saturated carbocycles. The molecule has 4 N–H and O–H groups in total. The quantitative estimate of drug-likeness (QED) is 0.746. The molecule has 1 unspecified atom stereocenters. The molecule has 0 bridgehead atoms. The van der Waals surface area contributed by atoms with Crippen molar-refractivity contribution in [3.05, 3.63) is 46.7 Å². The maximum Gasteiger partial charge on any atom is 0.135 e. The highest BCUT2D eigenvalue weighted by atomic mass is 19.1. The van der Waals surface area contributed by atoms with Gasteiger partial charge in [0.25, 0.3) is 0 Å². The van der Waals surface area contributed by atoms with E-state index in [1.807, 2.05) is 0 Å². The molecule has 0 aliphatic heterocycles. The van der Waals surface area contributed by atoms with Crippen LogP contribution in [0.2, 0.25) is 0 Å². The second-order valence-corrected chi connectivity index (χ2v) is 3.73. The normalized spacial score (nSPS) is 12.7. The van der Waals surface area contributed by atoms with Crippen LogP contribution >= 0.6 is 0 Å². The number of rotatable bonds is 2. The van der Waals surface area contributed by atoms with E-state index < -0.39 is 23.3 Å². The van der Waals surface area contributed by atoms with Gasteiger partial charge in [-0.25, -0.2) is 8.78 Å². The number of hydrogen-bond acceptors (Lipinski definition) is 3. The summed E-state index contributed by atoms with van der Waals surface area (Å²) in [5, 5.41) is 15.9. The third kappa shape index (κ3) is 1.87. The molecular formula is C11H11F2N3O. The highest BCUT2D eigenvalue weighted by Gasteiger charge is 2.23. The highest BCUT2D eigenvalue weighted by Crippen LogP contribution is 2.30. The molecule has 0 amide bonds. The Morgan fingerprint density at radius 2 is 2.12 bits per heavy atom. The van der Waals surface area contributed by atoms with E-state index in [4.69, 9.17) is 5.73 Å². The molecule has 0 aliphatic carbocycles. The van der Waals surface area contributed by atoms with Gasteiger partial charge in [-0.05, 0) is 18.6 Å². The Bertz CT molecular complexity index is 554. The molecule has 1 heterocycles. The van der Waals surface area contributed by atoms with E-state index in [1.165, 1.54) is 19.2 Å². The van der Waals surface area contributed by atoms with Gasteiger partial charge in [0.1, 0.15) is 23.6 Å². The van der Waals surface area contributed by atoms with Crippen LogP contribution in [0.4, 0.5) is 14.6 Å². The number of H-pyrrole nitrogens is 1. The standard InChI is InChI=1S/C11H11F2N3O/c1-5-2-3-7(12)8(9(5)13)10(17)6-4-15-16-11(6)14/h2-4,10,17H,1H3,(H3,14,15,16). The molecule has 0 spiro atoms. The second-order valence-electron chi connectivity index (χ2n) is 3.73. The van der Waals surface area contributed by atoms with Crippen LogP contribution < -0.4 is 5.73 Å². The summed E-state index contributed by atoms with van der Waals surface area (Å²) in [5.74, 6) is -1.52. The monoisotopic (exact) mass is 239 g/mol. The number of nitrogen functional groups attached to an aromatic ring is 1. The molecule has 1 atom stereocenters. The summed E-state index contributed by atoms with van der Waals surface area (Å²) in [6.45, 7) is 1.49. The van der Waals surface area contributed by atoms with Gasteiger partial charge in [0.2, 0.25) is 0 Å². The van der Waals surface area contributed by atoms with Gasteiger partial charge in [0.15, 0.2) is 0 Å². The molecule has 0 fully saturated rings. The van der Waals surface area contributed by atoms with Crippen molar-refractivity contribution in [2.45, 2.75) is 13.0 Å². The number of nitrogens with zero attached hydrogens (tertiary/aromatic N) is 1. The van der Waals surface area contributed by atoms with Gasteiger partial charge in [-0.15, -0.1) is 0 Å². The number of hydrogen-bond donors (Lipinski definition) is 3. The lowest BCUT2D eigenvalue weighted by Gasteiger charge is -2.13. The first-order valence-corrected chi connectivity index (χ1v) is 4.93. The van der Waals surface area contributed by atoms with Crippen LogP contribution in [-0.4, -0.2) is 15.3 Å². The van der Waals surface area contributed by atoms with E-state index in [0.29, 0.717) is 0 Å². The first-order valence-electron chi connectivity index (χ1n) is 4.93. The molecule has 90 valence electrons. The molecule has 2 rings (SSSR count). The smallest absolute Gasteiger partial charge is 0.135 e. The van der Waals surface area contributed by atoms with E-state index in [0.717, 1.165) is 6.07 Å². The zero-order valence-electron chi connectivity index (χ0n) is 9.04. The highest BCUT2D eigenvalue weighted by molar-refractivity contribution is 5.44. The second kappa shape index (κ2) is 4.14. The Balaban J connectivity index is 2.55. The fraction of sp³-hybridized carbons (Fsp3) is 0.182. The summed E-state index contributed by atoms with van der Waals surface area (Å²) < 4.78 is 27.3. The summed E-state index contributed by atoms with van der Waals surface area (Å²) in [5.41, 5.74) is 5.47. The van der Waals surface area contributed by atoms with Crippen molar-refractivity contribution in [3.63, 3.8) is 0 Å². The summed E-state index contributed by atoms with van der Waals surface area (Å²) >= 11 is 0. The number of nitrogens with two attached hydrogens (primary N) is 1. The van der Waals surface area contributed by atoms with Crippen LogP contribution in [0.5, 0.6) is 0 Å². The molecule has 6 heteroatoms. The van der Waals surface area contributed by atoms with Gasteiger partial charge in [-0.3, -0.25) is 5.10 Å². The summed E-state index contributed by atoms with van der Waals surface area (Å²) in [6, 6.07) is 2.41. The Kier molecular flexibility index (Phi) is 2.81. The van der Waals surface area contributed by atoms with Crippen molar-refractivity contribution in [2.75, 3.05) is 5.73 Å². The number of anilines is 1. The van der Waals surface area contributed by atoms with Gasteiger partial charge in [0, 0.05) is 5.56 Å². The van der Waals surface area contributed by atoms with Crippen LogP contribution in [0.15, 0.2) is 18.3 Å². The van der Waals surface area contributed by atoms with Crippen molar-refractivity contribution >= 4 is 5.82 Å². The fourth-order valence-electron chi connectivity index (χ4n) is 1.61. The lowest BCUT2D eigenvalue weighted by Crippen LogP contribution is -2.08. The van der Waals surface area contributed by atoms with Crippen molar-refractivity contribution in [3.8, 4) is 0 Å². The predicted molar refractivity (Wildman–Crippen MR) is 58.2 cm³/mol.